The third kappa shape index (κ3) is 2.36. The van der Waals surface area contributed by atoms with Crippen LogP contribution in [0.25, 0.3) is 0 Å². The Morgan fingerprint density at radius 1 is 1.40 bits per heavy atom. The van der Waals surface area contributed by atoms with Crippen molar-refractivity contribution in [2.45, 2.75) is 25.2 Å². The maximum Gasteiger partial charge on any atom is 0.127 e. The molecule has 0 fully saturated rings. The molecule has 0 radical (unpaired) electrons. The van der Waals surface area contributed by atoms with Crippen LogP contribution in [0.3, 0.4) is 0 Å². The Hall–Kier alpha value is -0.930. The molecule has 1 unspecified atom stereocenters. The Labute approximate surface area is 89.9 Å². The summed E-state index contributed by atoms with van der Waals surface area (Å²) in [5, 5.41) is 9.44. The van der Waals surface area contributed by atoms with Crippen molar-refractivity contribution in [3.63, 3.8) is 0 Å². The minimum atomic E-state index is -0.625. The fourth-order valence-corrected chi connectivity index (χ4v) is 1.95. The normalized spacial score (nSPS) is 14.9. The monoisotopic (exact) mass is 211 g/mol. The van der Waals surface area contributed by atoms with E-state index in [9.17, 15) is 9.50 Å². The topological polar surface area (TPSA) is 46.2 Å². The van der Waals surface area contributed by atoms with E-state index in [1.807, 2.05) is 6.92 Å². The first kappa shape index (κ1) is 12.1. The summed E-state index contributed by atoms with van der Waals surface area (Å²) in [6.45, 7) is 2.15. The summed E-state index contributed by atoms with van der Waals surface area (Å²) in [7, 11) is 0. The molecule has 0 aliphatic carbocycles. The van der Waals surface area contributed by atoms with Crippen molar-refractivity contribution in [1.82, 2.24) is 0 Å². The molecule has 0 aliphatic rings. The molecular weight excluding hydrogens is 193 g/mol. The van der Waals surface area contributed by atoms with Crippen LogP contribution < -0.4 is 5.73 Å². The Kier molecular flexibility index (Phi) is 4.24. The van der Waals surface area contributed by atoms with Crippen LogP contribution >= 0.6 is 0 Å². The van der Waals surface area contributed by atoms with Crippen LogP contribution in [0, 0.1) is 5.82 Å². The third-order valence-corrected chi connectivity index (χ3v) is 2.87. The second kappa shape index (κ2) is 5.24. The quantitative estimate of drug-likeness (QED) is 0.780. The molecule has 1 aromatic rings. The van der Waals surface area contributed by atoms with E-state index in [1.165, 1.54) is 6.07 Å². The molecule has 1 atom stereocenters. The largest absolute Gasteiger partial charge is 0.395 e. The molecule has 15 heavy (non-hydrogen) atoms. The van der Waals surface area contributed by atoms with Crippen molar-refractivity contribution in [2.75, 3.05) is 13.2 Å². The summed E-state index contributed by atoms with van der Waals surface area (Å²) in [5.41, 5.74) is 5.58. The van der Waals surface area contributed by atoms with Crippen molar-refractivity contribution < 1.29 is 9.50 Å². The van der Waals surface area contributed by atoms with Crippen LogP contribution in [0.2, 0.25) is 0 Å². The zero-order valence-corrected chi connectivity index (χ0v) is 9.04. The van der Waals surface area contributed by atoms with E-state index in [4.69, 9.17) is 5.73 Å². The van der Waals surface area contributed by atoms with Gasteiger partial charge in [0.15, 0.2) is 0 Å². The lowest BCUT2D eigenvalue weighted by Gasteiger charge is -2.31. The highest BCUT2D eigenvalue weighted by atomic mass is 19.1. The smallest absolute Gasteiger partial charge is 0.127 e. The van der Waals surface area contributed by atoms with Crippen molar-refractivity contribution in [2.24, 2.45) is 5.73 Å². The number of benzene rings is 1. The van der Waals surface area contributed by atoms with Gasteiger partial charge in [-0.25, -0.2) is 4.39 Å². The summed E-state index contributed by atoms with van der Waals surface area (Å²) in [6.07, 6.45) is 1.56. The zero-order chi connectivity index (χ0) is 11.3. The van der Waals surface area contributed by atoms with Crippen molar-refractivity contribution in [3.05, 3.63) is 35.6 Å². The molecule has 0 heterocycles. The lowest BCUT2D eigenvalue weighted by Crippen LogP contribution is -2.39. The Balaban J connectivity index is 3.13. The lowest BCUT2D eigenvalue weighted by molar-refractivity contribution is 0.183. The van der Waals surface area contributed by atoms with Crippen LogP contribution in [0.15, 0.2) is 24.3 Å². The van der Waals surface area contributed by atoms with Gasteiger partial charge in [-0.15, -0.1) is 0 Å². The number of aliphatic hydroxyl groups excluding tert-OH is 1. The first-order valence-corrected chi connectivity index (χ1v) is 5.26. The van der Waals surface area contributed by atoms with Crippen molar-refractivity contribution in [3.8, 4) is 0 Å². The van der Waals surface area contributed by atoms with E-state index in [2.05, 4.69) is 0 Å². The summed E-state index contributed by atoms with van der Waals surface area (Å²) in [4.78, 5) is 0. The zero-order valence-electron chi connectivity index (χ0n) is 9.04. The molecule has 2 nitrogen and oxygen atoms in total. The van der Waals surface area contributed by atoms with E-state index >= 15 is 0 Å². The van der Waals surface area contributed by atoms with E-state index in [1.54, 1.807) is 18.2 Å². The standard InChI is InChI=1S/C12H18FNO/c1-2-7-12(8-14,9-15)10-5-3-4-6-11(10)13/h3-6,15H,2,7-9,14H2,1H3. The first-order chi connectivity index (χ1) is 7.20. The van der Waals surface area contributed by atoms with E-state index in [0.717, 1.165) is 6.42 Å². The SMILES string of the molecule is CCCC(CN)(CO)c1ccccc1F. The molecule has 3 heteroatoms. The minimum Gasteiger partial charge on any atom is -0.395 e. The molecule has 0 spiro atoms. The molecule has 0 aromatic heterocycles. The number of rotatable bonds is 5. The predicted molar refractivity (Wildman–Crippen MR) is 59.1 cm³/mol. The van der Waals surface area contributed by atoms with Crippen LogP contribution in [0.5, 0.6) is 0 Å². The molecule has 1 rings (SSSR count). The summed E-state index contributed by atoms with van der Waals surface area (Å²) in [5.74, 6) is -0.287. The average molecular weight is 211 g/mol. The highest BCUT2D eigenvalue weighted by Gasteiger charge is 2.31. The molecule has 1 aromatic carbocycles. The number of hydrogen-bond acceptors (Lipinski definition) is 2. The lowest BCUT2D eigenvalue weighted by atomic mass is 9.77. The molecule has 0 amide bonds. The van der Waals surface area contributed by atoms with Gasteiger partial charge in [-0.05, 0) is 18.1 Å². The molecule has 0 aliphatic heterocycles. The highest BCUT2D eigenvalue weighted by Crippen LogP contribution is 2.29. The van der Waals surface area contributed by atoms with E-state index in [-0.39, 0.29) is 19.0 Å². The predicted octanol–water partition coefficient (Wildman–Crippen LogP) is 1.81. The summed E-state index contributed by atoms with van der Waals surface area (Å²) < 4.78 is 13.6. The van der Waals surface area contributed by atoms with Gasteiger partial charge in [0, 0.05) is 12.0 Å². The summed E-state index contributed by atoms with van der Waals surface area (Å²) in [6, 6.07) is 6.52. The van der Waals surface area contributed by atoms with Gasteiger partial charge in [-0.2, -0.15) is 0 Å². The van der Waals surface area contributed by atoms with Gasteiger partial charge in [0.25, 0.3) is 0 Å². The Morgan fingerprint density at radius 2 is 2.07 bits per heavy atom. The Bertz CT molecular complexity index is 310. The van der Waals surface area contributed by atoms with Gasteiger partial charge in [-0.3, -0.25) is 0 Å². The van der Waals surface area contributed by atoms with Crippen LogP contribution in [-0.2, 0) is 5.41 Å². The van der Waals surface area contributed by atoms with Gasteiger partial charge in [0.1, 0.15) is 5.82 Å². The maximum absolute atomic E-state index is 13.6. The van der Waals surface area contributed by atoms with E-state index in [0.29, 0.717) is 12.0 Å². The van der Waals surface area contributed by atoms with Crippen molar-refractivity contribution >= 4 is 0 Å². The van der Waals surface area contributed by atoms with Crippen molar-refractivity contribution in [1.29, 1.82) is 0 Å². The molecule has 84 valence electrons. The molecule has 0 saturated heterocycles. The third-order valence-electron chi connectivity index (χ3n) is 2.87. The molecule has 3 N–H and O–H groups in total. The number of aliphatic hydroxyl groups is 1. The van der Waals surface area contributed by atoms with Gasteiger partial charge >= 0.3 is 0 Å². The number of halogens is 1. The first-order valence-electron chi connectivity index (χ1n) is 5.26. The molecule has 0 bridgehead atoms. The second-order valence-corrected chi connectivity index (χ2v) is 3.87. The average Bonchev–Trinajstić information content (AvgIpc) is 2.27. The fourth-order valence-electron chi connectivity index (χ4n) is 1.95. The second-order valence-electron chi connectivity index (χ2n) is 3.87. The number of hydrogen-bond donors (Lipinski definition) is 2. The number of nitrogens with two attached hydrogens (primary N) is 1. The van der Waals surface area contributed by atoms with Crippen LogP contribution in [0.4, 0.5) is 4.39 Å². The van der Waals surface area contributed by atoms with Gasteiger partial charge in [-0.1, -0.05) is 31.5 Å². The van der Waals surface area contributed by atoms with E-state index < -0.39 is 5.41 Å². The maximum atomic E-state index is 13.6. The van der Waals surface area contributed by atoms with Gasteiger partial charge in [0.2, 0.25) is 0 Å². The van der Waals surface area contributed by atoms with Crippen LogP contribution in [-0.4, -0.2) is 18.3 Å². The van der Waals surface area contributed by atoms with Crippen LogP contribution in [0.1, 0.15) is 25.3 Å². The highest BCUT2D eigenvalue weighted by molar-refractivity contribution is 5.27. The molecule has 0 saturated carbocycles. The minimum absolute atomic E-state index is 0.113. The van der Waals surface area contributed by atoms with Gasteiger partial charge in [0.05, 0.1) is 6.61 Å². The summed E-state index contributed by atoms with van der Waals surface area (Å²) >= 11 is 0. The Morgan fingerprint density at radius 3 is 2.53 bits per heavy atom. The fraction of sp³-hybridized carbons (Fsp3) is 0.500. The van der Waals surface area contributed by atoms with Gasteiger partial charge < -0.3 is 10.8 Å². The molecular formula is C12H18FNO.